The number of hydrogen-bond acceptors (Lipinski definition) is 1. The summed E-state index contributed by atoms with van der Waals surface area (Å²) in [6.45, 7) is 0. The number of rotatable bonds is 1. The van der Waals surface area contributed by atoms with Gasteiger partial charge in [0.05, 0.1) is 0 Å². The second-order valence-electron chi connectivity index (χ2n) is 4.02. The first-order valence-corrected chi connectivity index (χ1v) is 4.88. The van der Waals surface area contributed by atoms with E-state index in [9.17, 15) is 8.78 Å². The molecule has 2 aliphatic rings. The van der Waals surface area contributed by atoms with E-state index in [0.717, 1.165) is 0 Å². The zero-order valence-corrected chi connectivity index (χ0v) is 8.35. The van der Waals surface area contributed by atoms with Crippen LogP contribution in [0.3, 0.4) is 0 Å². The molecule has 0 radical (unpaired) electrons. The van der Waals surface area contributed by atoms with Gasteiger partial charge in [0, 0.05) is 32.0 Å². The molecule has 0 saturated heterocycles. The largest absolute Gasteiger partial charge is 0.359 e. The Kier molecular flexibility index (Phi) is 2.12. The van der Waals surface area contributed by atoms with Crippen molar-refractivity contribution in [3.05, 3.63) is 0 Å². The van der Waals surface area contributed by atoms with Crippen LogP contribution in [0.15, 0.2) is 4.99 Å². The molecule has 2 atom stereocenters. The van der Waals surface area contributed by atoms with Crippen LogP contribution in [0, 0.1) is 11.8 Å². The van der Waals surface area contributed by atoms with Crippen LogP contribution >= 0.6 is 0 Å². The fourth-order valence-electron chi connectivity index (χ4n) is 2.37. The highest BCUT2D eigenvalue weighted by Gasteiger charge is 2.71. The van der Waals surface area contributed by atoms with E-state index in [1.807, 2.05) is 0 Å². The zero-order valence-electron chi connectivity index (χ0n) is 8.35. The summed E-state index contributed by atoms with van der Waals surface area (Å²) in [5.74, 6) is -2.45. The lowest BCUT2D eigenvalue weighted by Gasteiger charge is -2.18. The first-order valence-electron chi connectivity index (χ1n) is 4.88. The molecule has 0 amide bonds. The Morgan fingerprint density at radius 1 is 1.36 bits per heavy atom. The quantitative estimate of drug-likeness (QED) is 0.489. The van der Waals surface area contributed by atoms with Crippen molar-refractivity contribution >= 4 is 5.96 Å². The number of fused-ring (bicyclic) bond motifs is 1. The van der Waals surface area contributed by atoms with Crippen molar-refractivity contribution in [2.45, 2.75) is 24.8 Å². The van der Waals surface area contributed by atoms with E-state index >= 15 is 0 Å². The van der Waals surface area contributed by atoms with Gasteiger partial charge in [0.15, 0.2) is 5.96 Å². The Labute approximate surface area is 82.0 Å². The molecule has 2 N–H and O–H groups in total. The van der Waals surface area contributed by atoms with E-state index in [1.165, 1.54) is 0 Å². The molecule has 0 heterocycles. The van der Waals surface area contributed by atoms with E-state index in [4.69, 9.17) is 0 Å². The molecular weight excluding hydrogens is 188 g/mol. The number of halogens is 2. The molecule has 2 aliphatic carbocycles. The summed E-state index contributed by atoms with van der Waals surface area (Å²) in [6.07, 6.45) is 1.14. The van der Waals surface area contributed by atoms with Crippen LogP contribution in [0.2, 0.25) is 0 Å². The van der Waals surface area contributed by atoms with E-state index in [0.29, 0.717) is 18.8 Å². The normalized spacial score (nSPS) is 39.1. The van der Waals surface area contributed by atoms with E-state index in [2.05, 4.69) is 15.6 Å². The van der Waals surface area contributed by atoms with Crippen molar-refractivity contribution in [1.29, 1.82) is 0 Å². The summed E-state index contributed by atoms with van der Waals surface area (Å²) in [6, 6.07) is 0.163. The fourth-order valence-corrected chi connectivity index (χ4v) is 2.37. The number of nitrogens with zero attached hydrogens (tertiary/aromatic N) is 1. The van der Waals surface area contributed by atoms with Gasteiger partial charge in [-0.2, -0.15) is 0 Å². The van der Waals surface area contributed by atoms with Gasteiger partial charge in [-0.05, 0) is 12.8 Å². The molecule has 0 aromatic rings. The van der Waals surface area contributed by atoms with Gasteiger partial charge in [-0.1, -0.05) is 0 Å². The van der Waals surface area contributed by atoms with Crippen LogP contribution in [-0.4, -0.2) is 32.0 Å². The SMILES string of the molecule is CN=C(NC)NC1CC2C(C1)C2(F)F. The summed E-state index contributed by atoms with van der Waals surface area (Å²) >= 11 is 0. The predicted octanol–water partition coefficient (Wildman–Crippen LogP) is 0.825. The third-order valence-electron chi connectivity index (χ3n) is 3.24. The van der Waals surface area contributed by atoms with Gasteiger partial charge in [-0.25, -0.2) is 8.78 Å². The van der Waals surface area contributed by atoms with Crippen molar-refractivity contribution < 1.29 is 8.78 Å². The topological polar surface area (TPSA) is 36.4 Å². The van der Waals surface area contributed by atoms with E-state index in [-0.39, 0.29) is 17.9 Å². The molecule has 0 aromatic carbocycles. The monoisotopic (exact) mass is 203 g/mol. The highest BCUT2D eigenvalue weighted by Crippen LogP contribution is 2.63. The average Bonchev–Trinajstić information content (AvgIpc) is 2.56. The number of guanidine groups is 1. The minimum Gasteiger partial charge on any atom is -0.359 e. The molecule has 0 bridgehead atoms. The summed E-state index contributed by atoms with van der Waals surface area (Å²) in [5, 5.41) is 6.00. The Morgan fingerprint density at radius 3 is 2.36 bits per heavy atom. The highest BCUT2D eigenvalue weighted by molar-refractivity contribution is 5.79. The lowest BCUT2D eigenvalue weighted by molar-refractivity contribution is 0.0686. The van der Waals surface area contributed by atoms with Crippen molar-refractivity contribution in [3.8, 4) is 0 Å². The molecule has 2 fully saturated rings. The summed E-state index contributed by atoms with van der Waals surface area (Å²) in [7, 11) is 3.43. The molecule has 80 valence electrons. The molecule has 5 heteroatoms. The van der Waals surface area contributed by atoms with Gasteiger partial charge >= 0.3 is 0 Å². The van der Waals surface area contributed by atoms with Gasteiger partial charge < -0.3 is 10.6 Å². The third kappa shape index (κ3) is 1.35. The Balaban J connectivity index is 1.83. The van der Waals surface area contributed by atoms with Crippen molar-refractivity contribution in [3.63, 3.8) is 0 Å². The van der Waals surface area contributed by atoms with Crippen LogP contribution in [0.4, 0.5) is 8.78 Å². The van der Waals surface area contributed by atoms with Gasteiger partial charge in [0.2, 0.25) is 0 Å². The molecule has 0 aromatic heterocycles. The van der Waals surface area contributed by atoms with Gasteiger partial charge in [0.1, 0.15) is 0 Å². The number of nitrogens with one attached hydrogen (secondary N) is 2. The van der Waals surface area contributed by atoms with Crippen LogP contribution in [0.25, 0.3) is 0 Å². The van der Waals surface area contributed by atoms with Crippen LogP contribution in [-0.2, 0) is 0 Å². The molecule has 2 saturated carbocycles. The predicted molar refractivity (Wildman–Crippen MR) is 50.5 cm³/mol. The van der Waals surface area contributed by atoms with Gasteiger partial charge in [-0.3, -0.25) is 4.99 Å². The number of alkyl halides is 2. The zero-order chi connectivity index (χ0) is 10.3. The highest BCUT2D eigenvalue weighted by atomic mass is 19.3. The number of aliphatic imine (C=N–C) groups is 1. The molecule has 14 heavy (non-hydrogen) atoms. The van der Waals surface area contributed by atoms with Crippen LogP contribution < -0.4 is 10.6 Å². The molecule has 2 unspecified atom stereocenters. The molecule has 0 spiro atoms. The first-order chi connectivity index (χ1) is 6.59. The lowest BCUT2D eigenvalue weighted by atomic mass is 10.1. The smallest absolute Gasteiger partial charge is 0.254 e. The van der Waals surface area contributed by atoms with E-state index < -0.39 is 5.92 Å². The first kappa shape index (κ1) is 9.68. The lowest BCUT2D eigenvalue weighted by Crippen LogP contribution is -2.41. The number of hydrogen-bond donors (Lipinski definition) is 2. The average molecular weight is 203 g/mol. The van der Waals surface area contributed by atoms with Crippen molar-refractivity contribution in [2.24, 2.45) is 16.8 Å². The van der Waals surface area contributed by atoms with Crippen molar-refractivity contribution in [1.82, 2.24) is 10.6 Å². The maximum atomic E-state index is 12.8. The Bertz CT molecular complexity index is 251. The fraction of sp³-hybridized carbons (Fsp3) is 0.889. The van der Waals surface area contributed by atoms with Crippen LogP contribution in [0.5, 0.6) is 0 Å². The molecule has 3 nitrogen and oxygen atoms in total. The maximum absolute atomic E-state index is 12.8. The van der Waals surface area contributed by atoms with Gasteiger partial charge in [-0.15, -0.1) is 0 Å². The Morgan fingerprint density at radius 2 is 1.93 bits per heavy atom. The molecular formula is C9H15F2N3. The van der Waals surface area contributed by atoms with E-state index in [1.54, 1.807) is 14.1 Å². The van der Waals surface area contributed by atoms with Crippen LogP contribution in [0.1, 0.15) is 12.8 Å². The Hall–Kier alpha value is -0.870. The second-order valence-corrected chi connectivity index (χ2v) is 4.02. The standard InChI is InChI=1S/C9H15F2N3/c1-12-8(13-2)14-5-3-6-7(4-5)9(6,10)11/h5-7H,3-4H2,1-2H3,(H2,12,13,14). The maximum Gasteiger partial charge on any atom is 0.254 e. The third-order valence-corrected chi connectivity index (χ3v) is 3.24. The summed E-state index contributed by atoms with van der Waals surface area (Å²) < 4.78 is 25.7. The molecule has 2 rings (SSSR count). The minimum atomic E-state index is -2.37. The van der Waals surface area contributed by atoms with Gasteiger partial charge in [0.25, 0.3) is 5.92 Å². The second kappa shape index (κ2) is 3.07. The minimum absolute atomic E-state index is 0.163. The summed E-state index contributed by atoms with van der Waals surface area (Å²) in [4.78, 5) is 3.95. The molecule has 0 aliphatic heterocycles. The summed E-state index contributed by atoms with van der Waals surface area (Å²) in [5.41, 5.74) is 0. The van der Waals surface area contributed by atoms with Crippen molar-refractivity contribution in [2.75, 3.05) is 14.1 Å².